The molecule has 1 aromatic heterocycles. The molecule has 0 aliphatic carbocycles. The Morgan fingerprint density at radius 2 is 1.86 bits per heavy atom. The van der Waals surface area contributed by atoms with Crippen LogP contribution in [0.25, 0.3) is 6.08 Å². The highest BCUT2D eigenvalue weighted by Crippen LogP contribution is 2.39. The number of carbonyl (C=O) groups excluding carboxylic acids is 2. The molecule has 5 heteroatoms. The Labute approximate surface area is 162 Å². The molecule has 28 heavy (non-hydrogen) atoms. The van der Waals surface area contributed by atoms with Crippen molar-refractivity contribution in [3.05, 3.63) is 94.5 Å². The minimum Gasteiger partial charge on any atom is -0.452 e. The molecule has 0 N–H and O–H groups in total. The first kappa shape index (κ1) is 17.7. The van der Waals surface area contributed by atoms with Crippen LogP contribution >= 0.6 is 0 Å². The molecule has 4 rings (SSSR count). The Hall–Kier alpha value is -3.73. The van der Waals surface area contributed by atoms with Crippen LogP contribution in [0.3, 0.4) is 0 Å². The summed E-state index contributed by atoms with van der Waals surface area (Å²) in [4.78, 5) is 28.9. The number of ether oxygens (including phenoxy) is 2. The summed E-state index contributed by atoms with van der Waals surface area (Å²) in [6, 6.07) is 14.2. The van der Waals surface area contributed by atoms with E-state index in [1.165, 1.54) is 12.4 Å². The molecule has 2 heterocycles. The lowest BCUT2D eigenvalue weighted by Gasteiger charge is -2.10. The van der Waals surface area contributed by atoms with Crippen LogP contribution in [-0.4, -0.2) is 16.7 Å². The van der Waals surface area contributed by atoms with Crippen molar-refractivity contribution in [3.63, 3.8) is 0 Å². The molecule has 0 bridgehead atoms. The number of allylic oxidation sites excluding steroid dienone is 1. The summed E-state index contributed by atoms with van der Waals surface area (Å²) in [5, 5.41) is 0. The monoisotopic (exact) mass is 371 g/mol. The van der Waals surface area contributed by atoms with Crippen LogP contribution in [0.5, 0.6) is 11.5 Å². The Morgan fingerprint density at radius 3 is 2.61 bits per heavy atom. The summed E-state index contributed by atoms with van der Waals surface area (Å²) < 4.78 is 11.3. The largest absolute Gasteiger partial charge is 0.452 e. The highest BCUT2D eigenvalue weighted by atomic mass is 16.5. The minimum atomic E-state index is -0.495. The van der Waals surface area contributed by atoms with Gasteiger partial charge in [-0.25, -0.2) is 4.79 Å². The molecule has 0 saturated heterocycles. The number of hydrogen-bond donors (Lipinski definition) is 0. The molecule has 3 aromatic rings. The highest BCUT2D eigenvalue weighted by Gasteiger charge is 2.30. The smallest absolute Gasteiger partial charge is 0.343 e. The molecule has 1 aliphatic heterocycles. The maximum absolute atomic E-state index is 12.7. The van der Waals surface area contributed by atoms with E-state index in [0.29, 0.717) is 28.2 Å². The minimum absolute atomic E-state index is 0.188. The van der Waals surface area contributed by atoms with Crippen LogP contribution in [0.4, 0.5) is 0 Å². The van der Waals surface area contributed by atoms with Crippen LogP contribution in [0.15, 0.2) is 66.7 Å². The summed E-state index contributed by atoms with van der Waals surface area (Å²) in [7, 11) is 0. The second-order valence-corrected chi connectivity index (χ2v) is 6.54. The molecule has 1 aliphatic rings. The molecule has 0 saturated carbocycles. The third-order valence-electron chi connectivity index (χ3n) is 4.50. The second kappa shape index (κ2) is 7.12. The fraction of sp³-hybridized carbons (Fsp3) is 0.0870. The number of benzene rings is 2. The number of ketones is 1. The van der Waals surface area contributed by atoms with Gasteiger partial charge in [-0.2, -0.15) is 0 Å². The molecule has 0 fully saturated rings. The zero-order chi connectivity index (χ0) is 19.7. The van der Waals surface area contributed by atoms with Crippen molar-refractivity contribution in [1.29, 1.82) is 0 Å². The molecular formula is C23H17NO4. The summed E-state index contributed by atoms with van der Waals surface area (Å²) in [5.74, 6) is 0.340. The van der Waals surface area contributed by atoms with Gasteiger partial charge in [-0.3, -0.25) is 9.78 Å². The van der Waals surface area contributed by atoms with Crippen molar-refractivity contribution in [2.24, 2.45) is 0 Å². The van der Waals surface area contributed by atoms with Crippen molar-refractivity contribution >= 4 is 17.8 Å². The topological polar surface area (TPSA) is 65.5 Å². The van der Waals surface area contributed by atoms with Crippen LogP contribution in [0, 0.1) is 13.8 Å². The summed E-state index contributed by atoms with van der Waals surface area (Å²) >= 11 is 0. The number of aromatic nitrogens is 1. The fourth-order valence-corrected chi connectivity index (χ4v) is 3.04. The van der Waals surface area contributed by atoms with Crippen LogP contribution in [0.2, 0.25) is 0 Å². The molecule has 0 unspecified atom stereocenters. The Balaban J connectivity index is 1.63. The zero-order valence-electron chi connectivity index (χ0n) is 15.4. The quantitative estimate of drug-likeness (QED) is 0.384. The van der Waals surface area contributed by atoms with Gasteiger partial charge in [-0.15, -0.1) is 0 Å². The third kappa shape index (κ3) is 3.30. The predicted molar refractivity (Wildman–Crippen MR) is 104 cm³/mol. The average Bonchev–Trinajstić information content (AvgIpc) is 3.01. The van der Waals surface area contributed by atoms with E-state index in [0.717, 1.165) is 11.1 Å². The van der Waals surface area contributed by atoms with E-state index in [2.05, 4.69) is 4.98 Å². The highest BCUT2D eigenvalue weighted by molar-refractivity contribution is 6.15. The lowest BCUT2D eigenvalue weighted by Crippen LogP contribution is -2.09. The number of nitrogens with zero attached hydrogens (tertiary/aromatic N) is 1. The maximum atomic E-state index is 12.7. The number of rotatable bonds is 3. The second-order valence-electron chi connectivity index (χ2n) is 6.54. The Morgan fingerprint density at radius 1 is 1.07 bits per heavy atom. The van der Waals surface area contributed by atoms with E-state index in [9.17, 15) is 9.59 Å². The van der Waals surface area contributed by atoms with Crippen LogP contribution in [0.1, 0.15) is 37.4 Å². The van der Waals surface area contributed by atoms with Crippen LogP contribution < -0.4 is 9.47 Å². The van der Waals surface area contributed by atoms with Gasteiger partial charge in [0.2, 0.25) is 5.78 Å². The van der Waals surface area contributed by atoms with E-state index in [1.807, 2.05) is 31.2 Å². The van der Waals surface area contributed by atoms with Gasteiger partial charge < -0.3 is 9.47 Å². The number of hydrogen-bond acceptors (Lipinski definition) is 5. The third-order valence-corrected chi connectivity index (χ3v) is 4.50. The first-order chi connectivity index (χ1) is 13.5. The molecule has 0 radical (unpaired) electrons. The molecule has 0 amide bonds. The molecule has 138 valence electrons. The summed E-state index contributed by atoms with van der Waals surface area (Å²) in [6.45, 7) is 3.75. The van der Waals surface area contributed by atoms with Gasteiger partial charge in [0.15, 0.2) is 5.76 Å². The Bertz CT molecular complexity index is 1120. The lowest BCUT2D eigenvalue weighted by atomic mass is 10.1. The standard InChI is InChI=1S/C23H17NO4/c1-14-4-3-5-16(12-14)13-20-21(25)18-6-7-19(15(2)22(18)27-20)28-23(26)17-8-10-24-11-9-17/h3-13H,1-2H3/b20-13-. The van der Waals surface area contributed by atoms with Crippen molar-refractivity contribution in [2.75, 3.05) is 0 Å². The predicted octanol–water partition coefficient (Wildman–Crippen LogP) is 4.53. The number of pyridine rings is 1. The van der Waals surface area contributed by atoms with Gasteiger partial charge in [0.25, 0.3) is 0 Å². The normalized spacial score (nSPS) is 13.9. The SMILES string of the molecule is Cc1cccc(/C=C2\Oc3c(ccc(OC(=O)c4ccncc4)c3C)C2=O)c1. The van der Waals surface area contributed by atoms with Gasteiger partial charge in [0.1, 0.15) is 11.5 Å². The zero-order valence-corrected chi connectivity index (χ0v) is 15.4. The summed E-state index contributed by atoms with van der Waals surface area (Å²) in [6.07, 6.45) is 4.77. The number of Topliss-reactive ketones (excluding diaryl/α,β-unsaturated/α-hetero) is 1. The Kier molecular flexibility index (Phi) is 4.49. The van der Waals surface area contributed by atoms with E-state index in [-0.39, 0.29) is 11.5 Å². The molecule has 0 atom stereocenters. The van der Waals surface area contributed by atoms with Gasteiger partial charge in [0, 0.05) is 18.0 Å². The van der Waals surface area contributed by atoms with E-state index < -0.39 is 5.97 Å². The molecule has 2 aromatic carbocycles. The summed E-state index contributed by atoms with van der Waals surface area (Å²) in [5.41, 5.74) is 3.44. The number of carbonyl (C=O) groups is 2. The number of aryl methyl sites for hydroxylation is 1. The number of esters is 1. The molecule has 0 spiro atoms. The number of fused-ring (bicyclic) bond motifs is 1. The van der Waals surface area contributed by atoms with Crippen molar-refractivity contribution in [1.82, 2.24) is 4.98 Å². The van der Waals surface area contributed by atoms with E-state index in [4.69, 9.17) is 9.47 Å². The van der Waals surface area contributed by atoms with Gasteiger partial charge in [-0.05, 0) is 49.8 Å². The van der Waals surface area contributed by atoms with Gasteiger partial charge in [-0.1, -0.05) is 29.8 Å². The van der Waals surface area contributed by atoms with E-state index in [1.54, 1.807) is 37.3 Å². The van der Waals surface area contributed by atoms with Gasteiger partial charge in [0.05, 0.1) is 11.1 Å². The van der Waals surface area contributed by atoms with Crippen molar-refractivity contribution < 1.29 is 19.1 Å². The first-order valence-corrected chi connectivity index (χ1v) is 8.79. The first-order valence-electron chi connectivity index (χ1n) is 8.79. The fourth-order valence-electron chi connectivity index (χ4n) is 3.04. The molecular weight excluding hydrogens is 354 g/mol. The van der Waals surface area contributed by atoms with E-state index >= 15 is 0 Å². The van der Waals surface area contributed by atoms with Crippen molar-refractivity contribution in [2.45, 2.75) is 13.8 Å². The lowest BCUT2D eigenvalue weighted by molar-refractivity contribution is 0.0733. The average molecular weight is 371 g/mol. The molecule has 5 nitrogen and oxygen atoms in total. The van der Waals surface area contributed by atoms with Gasteiger partial charge >= 0.3 is 5.97 Å². The maximum Gasteiger partial charge on any atom is 0.343 e. The van der Waals surface area contributed by atoms with Crippen LogP contribution in [-0.2, 0) is 0 Å². The van der Waals surface area contributed by atoms with Crippen molar-refractivity contribution in [3.8, 4) is 11.5 Å².